The molecule has 0 amide bonds. The van der Waals surface area contributed by atoms with Gasteiger partial charge in [0.15, 0.2) is 0 Å². The predicted octanol–water partition coefficient (Wildman–Crippen LogP) is 3.93. The predicted molar refractivity (Wildman–Crippen MR) is 73.2 cm³/mol. The minimum Gasteiger partial charge on any atom is -0.393 e. The second-order valence-electron chi connectivity index (χ2n) is 4.62. The van der Waals surface area contributed by atoms with Crippen LogP contribution in [0.2, 0.25) is 0 Å². The Kier molecular flexibility index (Phi) is 4.16. The molecule has 0 aliphatic carbocycles. The lowest BCUT2D eigenvalue weighted by Crippen LogP contribution is -2.07. The lowest BCUT2D eigenvalue weighted by atomic mass is 9.98. The van der Waals surface area contributed by atoms with Crippen LogP contribution in [0, 0.1) is 0 Å². The zero-order valence-electron chi connectivity index (χ0n) is 10.4. The van der Waals surface area contributed by atoms with Crippen molar-refractivity contribution in [3.63, 3.8) is 0 Å². The fraction of sp³-hybridized carbons (Fsp3) is 0.375. The Bertz CT molecular complexity index is 470. The van der Waals surface area contributed by atoms with Gasteiger partial charge in [0.2, 0.25) is 0 Å². The highest BCUT2D eigenvalue weighted by molar-refractivity contribution is 5.85. The van der Waals surface area contributed by atoms with Crippen LogP contribution >= 0.6 is 0 Å². The Balaban J connectivity index is 2.13. The summed E-state index contributed by atoms with van der Waals surface area (Å²) < 4.78 is 0. The highest BCUT2D eigenvalue weighted by atomic mass is 16.3. The molecule has 90 valence electrons. The van der Waals surface area contributed by atoms with Gasteiger partial charge in [-0.2, -0.15) is 0 Å². The number of benzene rings is 2. The summed E-state index contributed by atoms with van der Waals surface area (Å²) in [7, 11) is 0. The van der Waals surface area contributed by atoms with Crippen molar-refractivity contribution in [2.45, 2.75) is 38.7 Å². The van der Waals surface area contributed by atoms with Gasteiger partial charge < -0.3 is 5.11 Å². The third kappa shape index (κ3) is 3.07. The number of hydrogen-bond acceptors (Lipinski definition) is 1. The van der Waals surface area contributed by atoms with Crippen molar-refractivity contribution in [1.29, 1.82) is 0 Å². The van der Waals surface area contributed by atoms with Crippen LogP contribution in [0.5, 0.6) is 0 Å². The van der Waals surface area contributed by atoms with Gasteiger partial charge in [0.1, 0.15) is 0 Å². The Hall–Kier alpha value is -1.34. The number of aliphatic hydroxyl groups is 1. The van der Waals surface area contributed by atoms with Crippen LogP contribution in [-0.2, 0) is 6.42 Å². The van der Waals surface area contributed by atoms with E-state index in [0.29, 0.717) is 0 Å². The smallest absolute Gasteiger partial charge is 0.0543 e. The standard InChI is InChI=1S/C16H20O/c1-2-6-15(17)12-11-14-9-5-8-13-7-3-4-10-16(13)14/h3-5,7-10,15,17H,2,6,11-12H2,1H3. The molecule has 2 aromatic rings. The first-order chi connectivity index (χ1) is 8.31. The van der Waals surface area contributed by atoms with Crippen LogP contribution in [0.4, 0.5) is 0 Å². The largest absolute Gasteiger partial charge is 0.393 e. The highest BCUT2D eigenvalue weighted by Gasteiger charge is 2.05. The molecule has 0 radical (unpaired) electrons. The van der Waals surface area contributed by atoms with Gasteiger partial charge in [0.25, 0.3) is 0 Å². The number of hydrogen-bond donors (Lipinski definition) is 1. The summed E-state index contributed by atoms with van der Waals surface area (Å²) in [6.45, 7) is 2.11. The maximum atomic E-state index is 9.78. The molecule has 1 N–H and O–H groups in total. The third-order valence-electron chi connectivity index (χ3n) is 3.25. The van der Waals surface area contributed by atoms with Gasteiger partial charge in [0, 0.05) is 0 Å². The van der Waals surface area contributed by atoms with Gasteiger partial charge in [0.05, 0.1) is 6.10 Å². The van der Waals surface area contributed by atoms with Crippen molar-refractivity contribution in [3.05, 3.63) is 48.0 Å². The minimum atomic E-state index is -0.154. The zero-order chi connectivity index (χ0) is 12.1. The molecule has 0 aromatic heterocycles. The Morgan fingerprint density at radius 1 is 1.00 bits per heavy atom. The van der Waals surface area contributed by atoms with Gasteiger partial charge in [-0.1, -0.05) is 55.8 Å². The number of rotatable bonds is 5. The molecule has 1 nitrogen and oxygen atoms in total. The molecule has 2 aromatic carbocycles. The molecule has 2 rings (SSSR count). The van der Waals surface area contributed by atoms with E-state index in [1.165, 1.54) is 16.3 Å². The topological polar surface area (TPSA) is 20.2 Å². The zero-order valence-corrected chi connectivity index (χ0v) is 10.4. The second kappa shape index (κ2) is 5.83. The molecule has 0 fully saturated rings. The van der Waals surface area contributed by atoms with E-state index in [4.69, 9.17) is 0 Å². The number of aryl methyl sites for hydroxylation is 1. The molecule has 1 atom stereocenters. The lowest BCUT2D eigenvalue weighted by Gasteiger charge is -2.10. The number of fused-ring (bicyclic) bond motifs is 1. The van der Waals surface area contributed by atoms with E-state index in [0.717, 1.165) is 25.7 Å². The summed E-state index contributed by atoms with van der Waals surface area (Å²) in [6.07, 6.45) is 3.63. The first kappa shape index (κ1) is 12.1. The fourth-order valence-electron chi connectivity index (χ4n) is 2.31. The van der Waals surface area contributed by atoms with Crippen molar-refractivity contribution < 1.29 is 5.11 Å². The Labute approximate surface area is 103 Å². The van der Waals surface area contributed by atoms with Gasteiger partial charge in [-0.05, 0) is 35.6 Å². The van der Waals surface area contributed by atoms with Crippen molar-refractivity contribution >= 4 is 10.8 Å². The Morgan fingerprint density at radius 3 is 2.59 bits per heavy atom. The molecule has 0 heterocycles. The summed E-state index contributed by atoms with van der Waals surface area (Å²) in [4.78, 5) is 0. The van der Waals surface area contributed by atoms with Crippen LogP contribution in [0.25, 0.3) is 10.8 Å². The monoisotopic (exact) mass is 228 g/mol. The van der Waals surface area contributed by atoms with Crippen molar-refractivity contribution in [1.82, 2.24) is 0 Å². The van der Waals surface area contributed by atoms with E-state index in [2.05, 4.69) is 49.4 Å². The van der Waals surface area contributed by atoms with Gasteiger partial charge in [-0.3, -0.25) is 0 Å². The van der Waals surface area contributed by atoms with E-state index in [1.807, 2.05) is 0 Å². The minimum absolute atomic E-state index is 0.154. The molecule has 0 aliphatic rings. The average molecular weight is 228 g/mol. The molecule has 0 spiro atoms. The number of aliphatic hydroxyl groups excluding tert-OH is 1. The molecular weight excluding hydrogens is 208 g/mol. The molecule has 1 heteroatoms. The van der Waals surface area contributed by atoms with Crippen LogP contribution in [0.3, 0.4) is 0 Å². The third-order valence-corrected chi connectivity index (χ3v) is 3.25. The molecule has 0 aliphatic heterocycles. The van der Waals surface area contributed by atoms with Gasteiger partial charge in [-0.25, -0.2) is 0 Å². The van der Waals surface area contributed by atoms with Crippen molar-refractivity contribution in [2.24, 2.45) is 0 Å². The van der Waals surface area contributed by atoms with Crippen LogP contribution in [-0.4, -0.2) is 11.2 Å². The van der Waals surface area contributed by atoms with Crippen LogP contribution in [0.15, 0.2) is 42.5 Å². The summed E-state index contributed by atoms with van der Waals surface area (Å²) in [5.74, 6) is 0. The average Bonchev–Trinajstić information content (AvgIpc) is 2.36. The van der Waals surface area contributed by atoms with Gasteiger partial charge in [-0.15, -0.1) is 0 Å². The first-order valence-electron chi connectivity index (χ1n) is 6.46. The fourth-order valence-corrected chi connectivity index (χ4v) is 2.31. The van der Waals surface area contributed by atoms with Gasteiger partial charge >= 0.3 is 0 Å². The first-order valence-corrected chi connectivity index (χ1v) is 6.46. The maximum Gasteiger partial charge on any atom is 0.0543 e. The summed E-state index contributed by atoms with van der Waals surface area (Å²) in [6, 6.07) is 14.9. The molecule has 0 saturated heterocycles. The van der Waals surface area contributed by atoms with Crippen molar-refractivity contribution in [2.75, 3.05) is 0 Å². The van der Waals surface area contributed by atoms with Crippen LogP contribution < -0.4 is 0 Å². The van der Waals surface area contributed by atoms with E-state index in [-0.39, 0.29) is 6.10 Å². The quantitative estimate of drug-likeness (QED) is 0.822. The highest BCUT2D eigenvalue weighted by Crippen LogP contribution is 2.20. The van der Waals surface area contributed by atoms with Crippen LogP contribution in [0.1, 0.15) is 31.7 Å². The van der Waals surface area contributed by atoms with E-state index in [9.17, 15) is 5.11 Å². The summed E-state index contributed by atoms with van der Waals surface area (Å²) in [5.41, 5.74) is 1.35. The molecule has 1 unspecified atom stereocenters. The summed E-state index contributed by atoms with van der Waals surface area (Å²) >= 11 is 0. The summed E-state index contributed by atoms with van der Waals surface area (Å²) in [5, 5.41) is 12.4. The molecule has 17 heavy (non-hydrogen) atoms. The normalized spacial score (nSPS) is 12.8. The second-order valence-corrected chi connectivity index (χ2v) is 4.62. The molecule has 0 bridgehead atoms. The van der Waals surface area contributed by atoms with Crippen molar-refractivity contribution in [3.8, 4) is 0 Å². The van der Waals surface area contributed by atoms with E-state index in [1.54, 1.807) is 0 Å². The van der Waals surface area contributed by atoms with E-state index < -0.39 is 0 Å². The SMILES string of the molecule is CCCC(O)CCc1cccc2ccccc12. The molecule has 0 saturated carbocycles. The molecular formula is C16H20O. The Morgan fingerprint density at radius 2 is 1.76 bits per heavy atom. The van der Waals surface area contributed by atoms with E-state index >= 15 is 0 Å². The lowest BCUT2D eigenvalue weighted by molar-refractivity contribution is 0.154. The maximum absolute atomic E-state index is 9.78.